The molecule has 0 aliphatic carbocycles. The first-order valence-electron chi connectivity index (χ1n) is 8.43. The Morgan fingerprint density at radius 1 is 0.920 bits per heavy atom. The number of benzene rings is 2. The normalized spacial score (nSPS) is 18.8. The van der Waals surface area contributed by atoms with Gasteiger partial charge in [-0.25, -0.2) is 4.79 Å². The number of rotatable bonds is 2. The molecule has 5 nitrogen and oxygen atoms in total. The third-order valence-electron chi connectivity index (χ3n) is 5.30. The lowest BCUT2D eigenvalue weighted by Crippen LogP contribution is -2.41. The molecule has 0 bridgehead atoms. The van der Waals surface area contributed by atoms with Crippen LogP contribution in [0.3, 0.4) is 0 Å². The maximum Gasteiger partial charge on any atom is 0.494 e. The van der Waals surface area contributed by atoms with Crippen LogP contribution >= 0.6 is 0 Å². The van der Waals surface area contributed by atoms with Crippen molar-refractivity contribution in [3.05, 3.63) is 53.1 Å². The largest absolute Gasteiger partial charge is 0.494 e. The minimum Gasteiger partial charge on any atom is -0.399 e. The van der Waals surface area contributed by atoms with Crippen LogP contribution in [0.25, 0.3) is 22.0 Å². The summed E-state index contributed by atoms with van der Waals surface area (Å²) in [5, 5.41) is 2.20. The molecule has 1 fully saturated rings. The quantitative estimate of drug-likeness (QED) is 0.707. The van der Waals surface area contributed by atoms with E-state index in [9.17, 15) is 4.79 Å². The fourth-order valence-electron chi connectivity index (χ4n) is 3.05. The average Bonchev–Trinajstić information content (AvgIpc) is 3.07. The van der Waals surface area contributed by atoms with Crippen LogP contribution in [0.2, 0.25) is 0 Å². The Bertz CT molecular complexity index is 987. The van der Waals surface area contributed by atoms with Crippen molar-refractivity contribution in [3.63, 3.8) is 0 Å². The zero-order valence-corrected chi connectivity index (χ0v) is 14.8. The Balaban J connectivity index is 1.69. The van der Waals surface area contributed by atoms with Gasteiger partial charge < -0.3 is 19.3 Å². The molecule has 1 aliphatic rings. The summed E-state index contributed by atoms with van der Waals surface area (Å²) in [7, 11) is -0.366. The lowest BCUT2D eigenvalue weighted by Gasteiger charge is -2.32. The van der Waals surface area contributed by atoms with Gasteiger partial charge in [0.05, 0.1) is 16.9 Å². The zero-order chi connectivity index (χ0) is 17.8. The molecular formula is C19H21BN2O3. The number of hydrogen-bond donors (Lipinski definition) is 2. The molecule has 2 N–H and O–H groups in total. The topological polar surface area (TPSA) is 67.1 Å². The Hall–Kier alpha value is -2.31. The second kappa shape index (κ2) is 5.34. The van der Waals surface area contributed by atoms with Crippen LogP contribution in [0.1, 0.15) is 27.7 Å². The van der Waals surface area contributed by atoms with Gasteiger partial charge in [-0.15, -0.1) is 0 Å². The Labute approximate surface area is 146 Å². The van der Waals surface area contributed by atoms with E-state index in [2.05, 4.69) is 55.9 Å². The van der Waals surface area contributed by atoms with Crippen LogP contribution in [0.5, 0.6) is 0 Å². The lowest BCUT2D eigenvalue weighted by atomic mass is 9.78. The first-order chi connectivity index (χ1) is 11.7. The van der Waals surface area contributed by atoms with Crippen molar-refractivity contribution >= 4 is 23.4 Å². The Morgan fingerprint density at radius 2 is 1.56 bits per heavy atom. The van der Waals surface area contributed by atoms with E-state index in [4.69, 9.17) is 9.31 Å². The van der Waals surface area contributed by atoms with E-state index >= 15 is 0 Å². The maximum atomic E-state index is 11.3. The summed E-state index contributed by atoms with van der Waals surface area (Å²) in [6.45, 7) is 8.21. The fourth-order valence-corrected chi connectivity index (χ4v) is 3.05. The first kappa shape index (κ1) is 16.2. The fraction of sp³-hybridized carbons (Fsp3) is 0.316. The van der Waals surface area contributed by atoms with Crippen LogP contribution in [0.4, 0.5) is 0 Å². The van der Waals surface area contributed by atoms with Crippen LogP contribution in [0, 0.1) is 0 Å². The third kappa shape index (κ3) is 2.71. The van der Waals surface area contributed by atoms with Crippen molar-refractivity contribution in [3.8, 4) is 11.3 Å². The SMILES string of the molecule is CC1(C)OB(c2ccc3cc(-c4c[nH]c(=O)[nH]4)ccc3c2)OC1(C)C. The molecule has 4 rings (SSSR count). The van der Waals surface area contributed by atoms with Gasteiger partial charge in [-0.2, -0.15) is 0 Å². The Kier molecular flexibility index (Phi) is 3.46. The zero-order valence-electron chi connectivity index (χ0n) is 14.8. The molecule has 0 atom stereocenters. The molecule has 6 heteroatoms. The predicted molar refractivity (Wildman–Crippen MR) is 100 cm³/mol. The molecule has 0 radical (unpaired) electrons. The number of hydrogen-bond acceptors (Lipinski definition) is 3. The van der Waals surface area contributed by atoms with E-state index < -0.39 is 0 Å². The monoisotopic (exact) mass is 336 g/mol. The van der Waals surface area contributed by atoms with Crippen molar-refractivity contribution in [2.24, 2.45) is 0 Å². The molecule has 3 aromatic rings. The number of H-pyrrole nitrogens is 2. The highest BCUT2D eigenvalue weighted by molar-refractivity contribution is 6.62. The van der Waals surface area contributed by atoms with Gasteiger partial charge in [0.1, 0.15) is 0 Å². The van der Waals surface area contributed by atoms with Crippen molar-refractivity contribution < 1.29 is 9.31 Å². The van der Waals surface area contributed by atoms with Crippen molar-refractivity contribution in [1.29, 1.82) is 0 Å². The predicted octanol–water partition coefficient (Wildman–Crippen LogP) is 2.82. The summed E-state index contributed by atoms with van der Waals surface area (Å²) < 4.78 is 12.3. The van der Waals surface area contributed by atoms with Crippen LogP contribution in [-0.4, -0.2) is 28.3 Å². The Morgan fingerprint density at radius 3 is 2.20 bits per heavy atom. The van der Waals surface area contributed by atoms with Gasteiger partial charge in [-0.1, -0.05) is 30.3 Å². The maximum absolute atomic E-state index is 11.3. The first-order valence-corrected chi connectivity index (χ1v) is 8.43. The van der Waals surface area contributed by atoms with Gasteiger partial charge in [0.25, 0.3) is 0 Å². The van der Waals surface area contributed by atoms with E-state index in [0.29, 0.717) is 0 Å². The van der Waals surface area contributed by atoms with E-state index in [1.807, 2.05) is 18.2 Å². The second-order valence-electron chi connectivity index (χ2n) is 7.57. The molecule has 1 aromatic heterocycles. The highest BCUT2D eigenvalue weighted by Crippen LogP contribution is 2.36. The standard InChI is InChI=1S/C19H21BN2O3/c1-18(2)19(3,4)25-20(24-18)15-8-7-12-9-14(6-5-13(12)10-15)16-11-21-17(23)22-16/h5-11H,1-4H3,(H2,21,22,23). The molecule has 2 heterocycles. The van der Waals surface area contributed by atoms with Gasteiger partial charge in [0.15, 0.2) is 0 Å². The summed E-state index contributed by atoms with van der Waals surface area (Å²) in [6, 6.07) is 12.3. The van der Waals surface area contributed by atoms with Crippen LogP contribution < -0.4 is 11.2 Å². The molecule has 0 unspecified atom stereocenters. The van der Waals surface area contributed by atoms with Gasteiger partial charge in [-0.3, -0.25) is 0 Å². The van der Waals surface area contributed by atoms with E-state index in [0.717, 1.165) is 27.5 Å². The average molecular weight is 336 g/mol. The molecule has 0 saturated carbocycles. The molecule has 0 amide bonds. The summed E-state index contributed by atoms with van der Waals surface area (Å²) in [6.07, 6.45) is 1.68. The molecular weight excluding hydrogens is 315 g/mol. The van der Waals surface area contributed by atoms with Crippen molar-refractivity contribution in [1.82, 2.24) is 9.97 Å². The molecule has 1 aliphatic heterocycles. The molecule has 128 valence electrons. The van der Waals surface area contributed by atoms with Crippen molar-refractivity contribution in [2.75, 3.05) is 0 Å². The number of fused-ring (bicyclic) bond motifs is 1. The minimum atomic E-state index is -0.366. The van der Waals surface area contributed by atoms with Gasteiger partial charge in [0.2, 0.25) is 0 Å². The van der Waals surface area contributed by atoms with Crippen LogP contribution in [-0.2, 0) is 9.31 Å². The highest BCUT2D eigenvalue weighted by atomic mass is 16.7. The third-order valence-corrected chi connectivity index (χ3v) is 5.30. The van der Waals surface area contributed by atoms with Crippen molar-refractivity contribution in [2.45, 2.75) is 38.9 Å². The summed E-state index contributed by atoms with van der Waals surface area (Å²) in [4.78, 5) is 16.7. The summed E-state index contributed by atoms with van der Waals surface area (Å²) in [5.41, 5.74) is 1.85. The second-order valence-corrected chi connectivity index (χ2v) is 7.57. The highest BCUT2D eigenvalue weighted by Gasteiger charge is 2.51. The number of aromatic nitrogens is 2. The van der Waals surface area contributed by atoms with E-state index in [1.54, 1.807) is 6.20 Å². The molecule has 1 saturated heterocycles. The summed E-state index contributed by atoms with van der Waals surface area (Å²) >= 11 is 0. The number of imidazole rings is 1. The van der Waals surface area contributed by atoms with Gasteiger partial charge >= 0.3 is 12.8 Å². The minimum absolute atomic E-state index is 0.203. The lowest BCUT2D eigenvalue weighted by molar-refractivity contribution is 0.00578. The molecule has 25 heavy (non-hydrogen) atoms. The molecule has 2 aromatic carbocycles. The van der Waals surface area contributed by atoms with Crippen LogP contribution in [0.15, 0.2) is 47.4 Å². The number of aromatic amines is 2. The van der Waals surface area contributed by atoms with E-state index in [-0.39, 0.29) is 24.0 Å². The van der Waals surface area contributed by atoms with Gasteiger partial charge in [0, 0.05) is 11.8 Å². The van der Waals surface area contributed by atoms with E-state index in [1.165, 1.54) is 0 Å². The summed E-state index contributed by atoms with van der Waals surface area (Å²) in [5.74, 6) is 0. The smallest absolute Gasteiger partial charge is 0.399 e. The van der Waals surface area contributed by atoms with Gasteiger partial charge in [-0.05, 0) is 50.0 Å². The molecule has 0 spiro atoms. The number of nitrogens with one attached hydrogen (secondary N) is 2.